The van der Waals surface area contributed by atoms with E-state index < -0.39 is 11.2 Å². The van der Waals surface area contributed by atoms with Gasteiger partial charge in [-0.1, -0.05) is 11.6 Å². The maximum Gasteiger partial charge on any atom is 0.410 e. The Morgan fingerprint density at radius 1 is 0.780 bits per heavy atom. The predicted molar refractivity (Wildman–Crippen MR) is 233 cm³/mol. The fourth-order valence-corrected chi connectivity index (χ4v) is 8.01. The molecule has 2 aliphatic rings. The molecular formula is C41H48Br2ClN11O4. The van der Waals surface area contributed by atoms with Gasteiger partial charge in [-0.25, -0.2) is 29.1 Å². The van der Waals surface area contributed by atoms with Crippen LogP contribution in [-0.4, -0.2) is 98.1 Å². The summed E-state index contributed by atoms with van der Waals surface area (Å²) in [6.45, 7) is 13.8. The van der Waals surface area contributed by atoms with Crippen LogP contribution in [0.25, 0.3) is 17.0 Å². The number of nitrogens with zero attached hydrogens (tertiary/aromatic N) is 10. The van der Waals surface area contributed by atoms with Crippen molar-refractivity contribution in [2.24, 2.45) is 0 Å². The number of halogens is 3. The summed E-state index contributed by atoms with van der Waals surface area (Å²) >= 11 is 13.3. The van der Waals surface area contributed by atoms with Crippen molar-refractivity contribution in [3.8, 4) is 5.69 Å². The van der Waals surface area contributed by atoms with Crippen molar-refractivity contribution in [3.63, 3.8) is 0 Å². The zero-order chi connectivity index (χ0) is 42.1. The molecular weight excluding hydrogens is 906 g/mol. The topological polar surface area (TPSA) is 149 Å². The number of imidazole rings is 1. The van der Waals surface area contributed by atoms with Crippen LogP contribution < -0.4 is 5.32 Å². The summed E-state index contributed by atoms with van der Waals surface area (Å²) in [4.78, 5) is 42.2. The first-order chi connectivity index (χ1) is 28.0. The van der Waals surface area contributed by atoms with Crippen LogP contribution in [0.3, 0.4) is 0 Å². The minimum atomic E-state index is -0.520. The second kappa shape index (κ2) is 17.5. The number of anilines is 2. The van der Waals surface area contributed by atoms with Crippen molar-refractivity contribution >= 4 is 78.4 Å². The van der Waals surface area contributed by atoms with Gasteiger partial charge in [0.05, 0.1) is 39.1 Å². The first-order valence-electron chi connectivity index (χ1n) is 19.6. The van der Waals surface area contributed by atoms with Gasteiger partial charge in [0.1, 0.15) is 22.2 Å². The van der Waals surface area contributed by atoms with Gasteiger partial charge in [-0.15, -0.1) is 0 Å². The minimum absolute atomic E-state index is 0.104. The van der Waals surface area contributed by atoms with Crippen molar-refractivity contribution < 1.29 is 19.1 Å². The molecule has 6 aromatic rings. The molecule has 0 bridgehead atoms. The molecule has 15 nitrogen and oxygen atoms in total. The SMILES string of the molecule is CC(C)(C)OC(=O)N1CCCC(c2cc(Cl)n3ncc(Br)c3n2)C1.CC(C)(C)OC(=O)N1CCCC(c2cc(Nc3ccc(-n4ccnc4)cc3)n3ncc(Br)c3n2)C1. The summed E-state index contributed by atoms with van der Waals surface area (Å²) in [5.41, 5.74) is 4.16. The number of amides is 2. The van der Waals surface area contributed by atoms with Crippen molar-refractivity contribution in [3.05, 3.63) is 93.0 Å². The zero-order valence-electron chi connectivity index (χ0n) is 33.9. The normalized spacial score (nSPS) is 17.4. The van der Waals surface area contributed by atoms with Crippen LogP contribution in [0, 0.1) is 0 Å². The molecule has 2 saturated heterocycles. The molecule has 0 aliphatic carbocycles. The second-order valence-corrected chi connectivity index (χ2v) is 18.8. The summed E-state index contributed by atoms with van der Waals surface area (Å²) in [5.74, 6) is 1.04. The maximum atomic E-state index is 12.7. The van der Waals surface area contributed by atoms with Crippen LogP contribution in [0.4, 0.5) is 21.1 Å². The van der Waals surface area contributed by atoms with E-state index in [4.69, 9.17) is 26.1 Å². The number of aromatic nitrogens is 8. The molecule has 2 unspecified atom stereocenters. The number of carbonyl (C=O) groups is 2. The fourth-order valence-electron chi connectivity index (χ4n) is 7.08. The summed E-state index contributed by atoms with van der Waals surface area (Å²) in [5, 5.41) is 12.7. The van der Waals surface area contributed by atoms with Gasteiger partial charge in [0, 0.05) is 67.8 Å². The predicted octanol–water partition coefficient (Wildman–Crippen LogP) is 9.80. The van der Waals surface area contributed by atoms with Crippen LogP contribution >= 0.6 is 43.5 Å². The maximum absolute atomic E-state index is 12.7. The highest BCUT2D eigenvalue weighted by molar-refractivity contribution is 9.11. The molecule has 2 aliphatic heterocycles. The lowest BCUT2D eigenvalue weighted by Gasteiger charge is -2.34. The fraction of sp³-hybridized carbons (Fsp3) is 0.439. The van der Waals surface area contributed by atoms with Crippen LogP contribution in [0.1, 0.15) is 90.4 Å². The number of carbonyl (C=O) groups excluding carboxylic acids is 2. The third-order valence-electron chi connectivity index (χ3n) is 9.78. The van der Waals surface area contributed by atoms with E-state index in [-0.39, 0.29) is 24.0 Å². The van der Waals surface area contributed by atoms with E-state index in [0.717, 1.165) is 68.9 Å². The number of hydrogen-bond donors (Lipinski definition) is 1. The molecule has 7 heterocycles. The number of nitrogens with one attached hydrogen (secondary N) is 1. The first-order valence-corrected chi connectivity index (χ1v) is 21.5. The highest BCUT2D eigenvalue weighted by Gasteiger charge is 2.31. The molecule has 312 valence electrons. The van der Waals surface area contributed by atoms with Crippen LogP contribution in [0.2, 0.25) is 5.15 Å². The first kappa shape index (κ1) is 42.4. The molecule has 5 aromatic heterocycles. The summed E-state index contributed by atoms with van der Waals surface area (Å²) in [7, 11) is 0. The molecule has 1 aromatic carbocycles. The largest absolute Gasteiger partial charge is 0.444 e. The number of likely N-dealkylation sites (tertiary alicyclic amines) is 2. The average Bonchev–Trinajstić information content (AvgIpc) is 3.96. The van der Waals surface area contributed by atoms with Gasteiger partial charge in [-0.05, 0) is 129 Å². The zero-order valence-corrected chi connectivity index (χ0v) is 37.8. The molecule has 0 spiro atoms. The van der Waals surface area contributed by atoms with E-state index in [1.807, 2.05) is 88.7 Å². The molecule has 2 fully saturated rings. The van der Waals surface area contributed by atoms with Gasteiger partial charge in [-0.3, -0.25) is 0 Å². The van der Waals surface area contributed by atoms with Crippen molar-refractivity contribution in [1.29, 1.82) is 0 Å². The van der Waals surface area contributed by atoms with Crippen molar-refractivity contribution in [2.75, 3.05) is 31.5 Å². The molecule has 0 saturated carbocycles. The number of ether oxygens (including phenoxy) is 2. The van der Waals surface area contributed by atoms with Crippen molar-refractivity contribution in [1.82, 2.24) is 48.5 Å². The number of rotatable bonds is 5. The highest BCUT2D eigenvalue weighted by Crippen LogP contribution is 2.33. The van der Waals surface area contributed by atoms with Crippen molar-refractivity contribution in [2.45, 2.75) is 90.3 Å². The lowest BCUT2D eigenvalue weighted by atomic mass is 9.94. The monoisotopic (exact) mass is 951 g/mol. The average molecular weight is 954 g/mol. The molecule has 18 heteroatoms. The quantitative estimate of drug-likeness (QED) is 0.166. The van der Waals surface area contributed by atoms with Gasteiger partial charge in [0.2, 0.25) is 0 Å². The minimum Gasteiger partial charge on any atom is -0.444 e. The van der Waals surface area contributed by atoms with Crippen LogP contribution in [0.15, 0.2) is 76.5 Å². The standard InChI is InChI=1S/C25H28BrN7O2.C16H20BrClN4O2/c1-25(2,3)35-24(34)31-11-4-5-17(15-31)21-13-22(33-23(30-21)20(26)14-28-33)29-18-6-8-19(9-7-18)32-12-10-27-16-32;1-16(2,3)24-15(23)21-6-4-5-10(9-21)12-7-13(18)22-14(20-12)11(17)8-19-22/h6-10,12-14,16-17,29H,4-5,11,15H2,1-3H3;7-8,10H,4-6,9H2,1-3H3. The Bertz CT molecular complexity index is 2420. The third kappa shape index (κ3) is 10.4. The Labute approximate surface area is 364 Å². The van der Waals surface area contributed by atoms with Gasteiger partial charge < -0.3 is 29.2 Å². The number of fused-ring (bicyclic) bond motifs is 2. The Hall–Kier alpha value is -4.74. The van der Waals surface area contributed by atoms with Gasteiger partial charge >= 0.3 is 12.2 Å². The number of piperidine rings is 2. The third-order valence-corrected chi connectivity index (χ3v) is 11.2. The number of benzene rings is 1. The Balaban J connectivity index is 0.000000192. The van der Waals surface area contributed by atoms with Gasteiger partial charge in [0.25, 0.3) is 0 Å². The Kier molecular flexibility index (Phi) is 12.5. The van der Waals surface area contributed by atoms with E-state index in [1.54, 1.807) is 43.7 Å². The van der Waals surface area contributed by atoms with E-state index in [0.29, 0.717) is 37.0 Å². The van der Waals surface area contributed by atoms with Gasteiger partial charge in [-0.2, -0.15) is 14.7 Å². The smallest absolute Gasteiger partial charge is 0.410 e. The van der Waals surface area contributed by atoms with Gasteiger partial charge in [0.15, 0.2) is 11.3 Å². The van der Waals surface area contributed by atoms with E-state index in [1.165, 1.54) is 0 Å². The molecule has 59 heavy (non-hydrogen) atoms. The van der Waals surface area contributed by atoms with Crippen LogP contribution in [0.5, 0.6) is 0 Å². The lowest BCUT2D eigenvalue weighted by molar-refractivity contribution is 0.0187. The summed E-state index contributed by atoms with van der Waals surface area (Å²) < 4.78 is 18.0. The molecule has 0 radical (unpaired) electrons. The molecule has 2 atom stereocenters. The molecule has 2 amide bonds. The Morgan fingerprint density at radius 3 is 1.83 bits per heavy atom. The summed E-state index contributed by atoms with van der Waals surface area (Å²) in [6.07, 6.45) is 12.0. The molecule has 8 rings (SSSR count). The molecule has 1 N–H and O–H groups in total. The van der Waals surface area contributed by atoms with E-state index in [9.17, 15) is 9.59 Å². The van der Waals surface area contributed by atoms with E-state index >= 15 is 0 Å². The Morgan fingerprint density at radius 2 is 1.31 bits per heavy atom. The van der Waals surface area contributed by atoms with E-state index in [2.05, 4.69) is 57.3 Å². The number of hydrogen-bond acceptors (Lipinski definition) is 10. The second-order valence-electron chi connectivity index (χ2n) is 16.7. The lowest BCUT2D eigenvalue weighted by Crippen LogP contribution is -2.42. The highest BCUT2D eigenvalue weighted by atomic mass is 79.9. The van der Waals surface area contributed by atoms with Crippen LogP contribution in [-0.2, 0) is 9.47 Å². The summed E-state index contributed by atoms with van der Waals surface area (Å²) in [6, 6.07) is 12.0.